The summed E-state index contributed by atoms with van der Waals surface area (Å²) in [4.78, 5) is 15.5. The Hall–Kier alpha value is -2.35. The molecule has 2 aromatic rings. The van der Waals surface area contributed by atoms with Gasteiger partial charge in [0.05, 0.1) is 16.1 Å². The fourth-order valence-electron chi connectivity index (χ4n) is 1.64. The molecule has 116 valence electrons. The van der Waals surface area contributed by atoms with E-state index in [-0.39, 0.29) is 10.6 Å². The zero-order valence-corrected chi connectivity index (χ0v) is 11.3. The van der Waals surface area contributed by atoms with Crippen LogP contribution in [0.2, 0.25) is 5.02 Å². The number of phenols is 1. The average Bonchev–Trinajstić information content (AvgIpc) is 2.42. The Morgan fingerprint density at radius 2 is 1.95 bits per heavy atom. The third-order valence-electron chi connectivity index (χ3n) is 2.68. The van der Waals surface area contributed by atoms with E-state index in [1.807, 2.05) is 5.32 Å². The SMILES string of the molecule is O=C(Nc1c(O)ccc(C(F)(F)F)c1F)c1ccncc1Cl. The van der Waals surface area contributed by atoms with Crippen molar-refractivity contribution in [3.8, 4) is 5.75 Å². The number of nitrogens with zero attached hydrogens (tertiary/aromatic N) is 1. The summed E-state index contributed by atoms with van der Waals surface area (Å²) in [5.74, 6) is -3.61. The maximum absolute atomic E-state index is 13.9. The number of phenolic OH excluding ortho intramolecular Hbond substituents is 1. The van der Waals surface area contributed by atoms with Crippen molar-refractivity contribution in [1.29, 1.82) is 0 Å². The lowest BCUT2D eigenvalue weighted by Crippen LogP contribution is -2.16. The largest absolute Gasteiger partial charge is 0.506 e. The quantitative estimate of drug-likeness (QED) is 0.647. The topological polar surface area (TPSA) is 62.2 Å². The van der Waals surface area contributed by atoms with Crippen molar-refractivity contribution in [1.82, 2.24) is 4.98 Å². The van der Waals surface area contributed by atoms with Crippen LogP contribution < -0.4 is 5.32 Å². The third-order valence-corrected chi connectivity index (χ3v) is 2.98. The third kappa shape index (κ3) is 3.11. The molecule has 1 amide bonds. The van der Waals surface area contributed by atoms with Crippen LogP contribution in [0.4, 0.5) is 23.2 Å². The van der Waals surface area contributed by atoms with Gasteiger partial charge in [0, 0.05) is 12.4 Å². The second-order valence-electron chi connectivity index (χ2n) is 4.13. The summed E-state index contributed by atoms with van der Waals surface area (Å²) >= 11 is 5.71. The standard InChI is InChI=1S/C13H7ClF4N2O2/c14-8-5-19-4-3-6(8)12(22)20-11-9(21)2-1-7(10(11)15)13(16,17)18/h1-5,21H,(H,20,22). The molecule has 2 rings (SSSR count). The van der Waals surface area contributed by atoms with Crippen LogP contribution >= 0.6 is 11.6 Å². The first-order valence-corrected chi connectivity index (χ1v) is 6.09. The molecule has 22 heavy (non-hydrogen) atoms. The van der Waals surface area contributed by atoms with Crippen LogP contribution in [-0.2, 0) is 6.18 Å². The van der Waals surface area contributed by atoms with Gasteiger partial charge in [-0.25, -0.2) is 4.39 Å². The Morgan fingerprint density at radius 1 is 1.27 bits per heavy atom. The Morgan fingerprint density at radius 3 is 2.55 bits per heavy atom. The number of pyridine rings is 1. The zero-order chi connectivity index (χ0) is 16.5. The van der Waals surface area contributed by atoms with Gasteiger partial charge >= 0.3 is 6.18 Å². The van der Waals surface area contributed by atoms with Gasteiger partial charge in [0.1, 0.15) is 11.4 Å². The molecule has 0 fully saturated rings. The number of carbonyl (C=O) groups excluding carboxylic acids is 1. The number of anilines is 1. The van der Waals surface area contributed by atoms with E-state index in [1.165, 1.54) is 12.3 Å². The van der Waals surface area contributed by atoms with Gasteiger partial charge in [-0.15, -0.1) is 0 Å². The first kappa shape index (κ1) is 16.0. The number of halogens is 5. The Labute approximate surface area is 126 Å². The summed E-state index contributed by atoms with van der Waals surface area (Å²) in [6.45, 7) is 0. The maximum atomic E-state index is 13.9. The molecule has 0 atom stereocenters. The van der Waals surface area contributed by atoms with Crippen molar-refractivity contribution < 1.29 is 27.5 Å². The predicted octanol–water partition coefficient (Wildman–Crippen LogP) is 3.85. The summed E-state index contributed by atoms with van der Waals surface area (Å²) in [5, 5.41) is 11.3. The van der Waals surface area contributed by atoms with E-state index in [1.54, 1.807) is 0 Å². The first-order valence-electron chi connectivity index (χ1n) is 5.71. The van der Waals surface area contributed by atoms with Crippen LogP contribution in [0.15, 0.2) is 30.6 Å². The molecular weight excluding hydrogens is 328 g/mol. The number of hydrogen-bond donors (Lipinski definition) is 2. The van der Waals surface area contributed by atoms with Crippen LogP contribution in [0.1, 0.15) is 15.9 Å². The van der Waals surface area contributed by atoms with Gasteiger partial charge in [0.2, 0.25) is 0 Å². The summed E-state index contributed by atoms with van der Waals surface area (Å²) < 4.78 is 51.7. The Balaban J connectivity index is 2.42. The van der Waals surface area contributed by atoms with Gasteiger partial charge < -0.3 is 10.4 Å². The summed E-state index contributed by atoms with van der Waals surface area (Å²) in [7, 11) is 0. The molecule has 0 aliphatic heterocycles. The van der Waals surface area contributed by atoms with Crippen LogP contribution in [0, 0.1) is 5.82 Å². The van der Waals surface area contributed by atoms with E-state index in [4.69, 9.17) is 11.6 Å². The van der Waals surface area contributed by atoms with Crippen molar-refractivity contribution in [2.24, 2.45) is 0 Å². The predicted molar refractivity (Wildman–Crippen MR) is 70.3 cm³/mol. The molecule has 4 nitrogen and oxygen atoms in total. The number of amides is 1. The minimum atomic E-state index is -4.97. The van der Waals surface area contributed by atoms with E-state index in [0.29, 0.717) is 12.1 Å². The monoisotopic (exact) mass is 334 g/mol. The Bertz CT molecular complexity index is 734. The number of nitrogens with one attached hydrogen (secondary N) is 1. The molecule has 0 spiro atoms. The molecule has 0 bridgehead atoms. The summed E-state index contributed by atoms with van der Waals surface area (Å²) in [6, 6.07) is 2.20. The van der Waals surface area contributed by atoms with E-state index in [9.17, 15) is 27.5 Å². The van der Waals surface area contributed by atoms with Crippen LogP contribution in [-0.4, -0.2) is 16.0 Å². The summed E-state index contributed by atoms with van der Waals surface area (Å²) in [6.07, 6.45) is -2.60. The van der Waals surface area contributed by atoms with Gasteiger partial charge in [-0.3, -0.25) is 9.78 Å². The molecule has 0 aliphatic rings. The highest BCUT2D eigenvalue weighted by atomic mass is 35.5. The van der Waals surface area contributed by atoms with Crippen LogP contribution in [0.3, 0.4) is 0 Å². The van der Waals surface area contributed by atoms with Gasteiger partial charge in [0.25, 0.3) is 5.91 Å². The molecule has 0 radical (unpaired) electrons. The molecule has 1 heterocycles. The lowest BCUT2D eigenvalue weighted by Gasteiger charge is -2.14. The Kier molecular flexibility index (Phi) is 4.23. The molecule has 2 N–H and O–H groups in total. The second-order valence-corrected chi connectivity index (χ2v) is 4.54. The van der Waals surface area contributed by atoms with Crippen molar-refractivity contribution in [2.75, 3.05) is 5.32 Å². The minimum Gasteiger partial charge on any atom is -0.506 e. The molecule has 0 aliphatic carbocycles. The zero-order valence-electron chi connectivity index (χ0n) is 10.6. The van der Waals surface area contributed by atoms with Crippen molar-refractivity contribution >= 4 is 23.2 Å². The maximum Gasteiger partial charge on any atom is 0.419 e. The van der Waals surface area contributed by atoms with Gasteiger partial charge in [-0.05, 0) is 18.2 Å². The van der Waals surface area contributed by atoms with Crippen molar-refractivity contribution in [2.45, 2.75) is 6.18 Å². The highest BCUT2D eigenvalue weighted by molar-refractivity contribution is 6.34. The van der Waals surface area contributed by atoms with Crippen molar-refractivity contribution in [3.05, 3.63) is 52.6 Å². The smallest absolute Gasteiger partial charge is 0.419 e. The number of aromatic nitrogens is 1. The fourth-order valence-corrected chi connectivity index (χ4v) is 1.85. The van der Waals surface area contributed by atoms with Crippen LogP contribution in [0.5, 0.6) is 5.75 Å². The molecule has 0 saturated heterocycles. The number of benzene rings is 1. The normalized spacial score (nSPS) is 11.3. The van der Waals surface area contributed by atoms with E-state index >= 15 is 0 Å². The number of hydrogen-bond acceptors (Lipinski definition) is 3. The first-order chi connectivity index (χ1) is 10.2. The molecule has 9 heteroatoms. The molecular formula is C13H7ClF4N2O2. The molecule has 0 saturated carbocycles. The lowest BCUT2D eigenvalue weighted by molar-refractivity contribution is -0.139. The molecule has 1 aromatic carbocycles. The molecule has 0 unspecified atom stereocenters. The van der Waals surface area contributed by atoms with E-state index in [2.05, 4.69) is 4.98 Å². The highest BCUT2D eigenvalue weighted by Gasteiger charge is 2.36. The number of rotatable bonds is 2. The lowest BCUT2D eigenvalue weighted by atomic mass is 10.1. The molecule has 1 aromatic heterocycles. The van der Waals surface area contributed by atoms with E-state index in [0.717, 1.165) is 6.20 Å². The fraction of sp³-hybridized carbons (Fsp3) is 0.0769. The highest BCUT2D eigenvalue weighted by Crippen LogP contribution is 2.38. The van der Waals surface area contributed by atoms with E-state index < -0.39 is 34.9 Å². The van der Waals surface area contributed by atoms with Crippen molar-refractivity contribution in [3.63, 3.8) is 0 Å². The summed E-state index contributed by atoms with van der Waals surface area (Å²) in [5.41, 5.74) is -2.72. The van der Waals surface area contributed by atoms with Gasteiger partial charge in [-0.2, -0.15) is 13.2 Å². The number of alkyl halides is 3. The minimum absolute atomic E-state index is 0.0770. The van der Waals surface area contributed by atoms with Crippen LogP contribution in [0.25, 0.3) is 0 Å². The number of aromatic hydroxyl groups is 1. The second kappa shape index (κ2) is 5.80. The number of carbonyl (C=O) groups is 1. The average molecular weight is 335 g/mol. The van der Waals surface area contributed by atoms with Gasteiger partial charge in [-0.1, -0.05) is 11.6 Å². The van der Waals surface area contributed by atoms with Gasteiger partial charge in [0.15, 0.2) is 5.82 Å².